The maximum absolute atomic E-state index is 13.8. The maximum atomic E-state index is 13.8. The lowest BCUT2D eigenvalue weighted by Gasteiger charge is -2.31. The van der Waals surface area contributed by atoms with E-state index < -0.39 is 36.2 Å². The third kappa shape index (κ3) is 3.82. The second-order valence-corrected chi connectivity index (χ2v) is 5.09. The van der Waals surface area contributed by atoms with Crippen molar-refractivity contribution in [2.24, 2.45) is 0 Å². The summed E-state index contributed by atoms with van der Waals surface area (Å²) in [6, 6.07) is 0.979. The number of rotatable bonds is 5. The van der Waals surface area contributed by atoms with Gasteiger partial charge in [0.15, 0.2) is 0 Å². The average Bonchev–Trinajstić information content (AvgIpc) is 2.52. The fourth-order valence-corrected chi connectivity index (χ4v) is 1.98. The van der Waals surface area contributed by atoms with Crippen molar-refractivity contribution in [1.29, 1.82) is 0 Å². The predicted molar refractivity (Wildman–Crippen MR) is 75.8 cm³/mol. The molecular formula is C14H16F6N2O3. The van der Waals surface area contributed by atoms with Gasteiger partial charge in [-0.25, -0.2) is 4.79 Å². The number of amides is 2. The summed E-state index contributed by atoms with van der Waals surface area (Å²) in [5, 5.41) is 20.3. The Kier molecular flexibility index (Phi) is 5.96. The number of hydrogen-bond donors (Lipinski definition) is 3. The van der Waals surface area contributed by atoms with E-state index >= 15 is 0 Å². The highest BCUT2D eigenvalue weighted by Gasteiger charge is 2.71. The van der Waals surface area contributed by atoms with Crippen molar-refractivity contribution in [3.05, 3.63) is 29.3 Å². The summed E-state index contributed by atoms with van der Waals surface area (Å²) >= 11 is 0. The number of carbonyl (C=O) groups excluding carboxylic acids is 1. The standard InChI is InChI=1S/C14H16F6N2O3/c1-3-21-11(24)22(2)10-5-4-9(6-8(10)7-23)12(15,16)13(17,25)14(18,19)20/h4-6,23,25H,3,7H2,1-2H3,(H,21,24). The summed E-state index contributed by atoms with van der Waals surface area (Å²) in [5.41, 5.74) is -1.95. The molecule has 1 unspecified atom stereocenters. The molecule has 0 heterocycles. The summed E-state index contributed by atoms with van der Waals surface area (Å²) < 4.78 is 78.1. The van der Waals surface area contributed by atoms with Crippen LogP contribution in [0.25, 0.3) is 0 Å². The number of carbonyl (C=O) groups is 1. The molecule has 0 bridgehead atoms. The molecule has 5 nitrogen and oxygen atoms in total. The first-order valence-corrected chi connectivity index (χ1v) is 6.92. The van der Waals surface area contributed by atoms with Gasteiger partial charge in [0, 0.05) is 24.7 Å². The smallest absolute Gasteiger partial charge is 0.392 e. The molecule has 0 spiro atoms. The van der Waals surface area contributed by atoms with E-state index in [0.29, 0.717) is 12.1 Å². The molecule has 25 heavy (non-hydrogen) atoms. The van der Waals surface area contributed by atoms with Crippen molar-refractivity contribution in [1.82, 2.24) is 5.32 Å². The van der Waals surface area contributed by atoms with Crippen molar-refractivity contribution < 1.29 is 41.4 Å². The highest BCUT2D eigenvalue weighted by Crippen LogP contribution is 2.49. The number of urea groups is 1. The molecule has 1 atom stereocenters. The minimum Gasteiger partial charge on any atom is -0.392 e. The maximum Gasteiger partial charge on any atom is 0.455 e. The zero-order chi connectivity index (χ0) is 19.6. The van der Waals surface area contributed by atoms with Gasteiger partial charge < -0.3 is 15.5 Å². The molecule has 1 aromatic rings. The lowest BCUT2D eigenvalue weighted by molar-refractivity contribution is -0.390. The van der Waals surface area contributed by atoms with Gasteiger partial charge in [0.1, 0.15) is 0 Å². The monoisotopic (exact) mass is 374 g/mol. The second-order valence-electron chi connectivity index (χ2n) is 5.09. The zero-order valence-electron chi connectivity index (χ0n) is 13.2. The van der Waals surface area contributed by atoms with E-state index in [1.165, 1.54) is 7.05 Å². The molecule has 0 aliphatic carbocycles. The Morgan fingerprint density at radius 1 is 1.20 bits per heavy atom. The molecule has 0 aliphatic heterocycles. The van der Waals surface area contributed by atoms with Gasteiger partial charge in [0.05, 0.1) is 12.3 Å². The molecule has 0 saturated heterocycles. The van der Waals surface area contributed by atoms with Crippen molar-refractivity contribution in [2.45, 2.75) is 31.5 Å². The molecule has 0 aliphatic rings. The van der Waals surface area contributed by atoms with Gasteiger partial charge in [-0.3, -0.25) is 4.90 Å². The van der Waals surface area contributed by atoms with Crippen LogP contribution in [-0.4, -0.2) is 41.9 Å². The summed E-state index contributed by atoms with van der Waals surface area (Å²) in [7, 11) is 1.23. The topological polar surface area (TPSA) is 72.8 Å². The Balaban J connectivity index is 3.36. The van der Waals surface area contributed by atoms with Crippen molar-refractivity contribution in [2.75, 3.05) is 18.5 Å². The number of aliphatic hydroxyl groups is 2. The zero-order valence-corrected chi connectivity index (χ0v) is 13.2. The third-order valence-electron chi connectivity index (χ3n) is 3.40. The molecular weight excluding hydrogens is 358 g/mol. The number of nitrogens with zero attached hydrogens (tertiary/aromatic N) is 1. The Hall–Kier alpha value is -2.01. The summed E-state index contributed by atoms with van der Waals surface area (Å²) in [5.74, 6) is -11.1. The van der Waals surface area contributed by atoms with E-state index in [0.717, 1.165) is 11.0 Å². The molecule has 3 N–H and O–H groups in total. The molecule has 0 aromatic heterocycles. The van der Waals surface area contributed by atoms with Gasteiger partial charge in [-0.1, -0.05) is 6.07 Å². The van der Waals surface area contributed by atoms with Crippen LogP contribution in [0.15, 0.2) is 18.2 Å². The first kappa shape index (κ1) is 21.0. The quantitative estimate of drug-likeness (QED) is 0.694. The first-order valence-electron chi connectivity index (χ1n) is 6.92. The van der Waals surface area contributed by atoms with Crippen molar-refractivity contribution >= 4 is 11.7 Å². The van der Waals surface area contributed by atoms with Crippen molar-refractivity contribution in [3.63, 3.8) is 0 Å². The van der Waals surface area contributed by atoms with Crippen molar-refractivity contribution in [3.8, 4) is 0 Å². The molecule has 1 rings (SSSR count). The average molecular weight is 374 g/mol. The van der Waals surface area contributed by atoms with Crippen LogP contribution in [-0.2, 0) is 12.5 Å². The van der Waals surface area contributed by atoms with Gasteiger partial charge in [0.25, 0.3) is 0 Å². The van der Waals surface area contributed by atoms with Crippen LogP contribution in [0.1, 0.15) is 18.1 Å². The number of anilines is 1. The summed E-state index contributed by atoms with van der Waals surface area (Å²) in [4.78, 5) is 12.7. The van der Waals surface area contributed by atoms with Gasteiger partial charge in [-0.15, -0.1) is 0 Å². The molecule has 1 aromatic carbocycles. The summed E-state index contributed by atoms with van der Waals surface area (Å²) in [6.45, 7) is 0.940. The van der Waals surface area contributed by atoms with Gasteiger partial charge >= 0.3 is 24.0 Å². The van der Waals surface area contributed by atoms with Crippen LogP contribution >= 0.6 is 0 Å². The highest BCUT2D eigenvalue weighted by atomic mass is 19.4. The fraction of sp³-hybridized carbons (Fsp3) is 0.500. The largest absolute Gasteiger partial charge is 0.455 e. The first-order chi connectivity index (χ1) is 11.3. The Bertz CT molecular complexity index is 633. The Labute approximate surface area is 138 Å². The van der Waals surface area contributed by atoms with Crippen LogP contribution in [0.5, 0.6) is 0 Å². The predicted octanol–water partition coefficient (Wildman–Crippen LogP) is 2.66. The molecule has 2 amide bonds. The lowest BCUT2D eigenvalue weighted by Crippen LogP contribution is -2.53. The number of halogens is 6. The second kappa shape index (κ2) is 7.08. The number of hydrogen-bond acceptors (Lipinski definition) is 3. The Morgan fingerprint density at radius 2 is 1.76 bits per heavy atom. The Morgan fingerprint density at radius 3 is 2.20 bits per heavy atom. The molecule has 0 saturated carbocycles. The van der Waals surface area contributed by atoms with Crippen LogP contribution in [0.3, 0.4) is 0 Å². The number of alkyl halides is 6. The molecule has 0 fully saturated rings. The van der Waals surface area contributed by atoms with Crippen LogP contribution in [0.4, 0.5) is 36.8 Å². The number of nitrogens with one attached hydrogen (secondary N) is 1. The van der Waals surface area contributed by atoms with E-state index in [1.807, 2.05) is 0 Å². The minimum atomic E-state index is -6.24. The molecule has 11 heteroatoms. The van der Waals surface area contributed by atoms with Crippen LogP contribution in [0.2, 0.25) is 0 Å². The van der Waals surface area contributed by atoms with Gasteiger partial charge in [-0.2, -0.15) is 26.3 Å². The molecule has 142 valence electrons. The molecule has 0 radical (unpaired) electrons. The number of aliphatic hydroxyl groups excluding tert-OH is 1. The van der Waals surface area contributed by atoms with Crippen LogP contribution in [0, 0.1) is 0 Å². The van der Waals surface area contributed by atoms with E-state index in [9.17, 15) is 36.2 Å². The van der Waals surface area contributed by atoms with Crippen LogP contribution < -0.4 is 10.2 Å². The summed E-state index contributed by atoms with van der Waals surface area (Å²) in [6.07, 6.45) is -6.24. The third-order valence-corrected chi connectivity index (χ3v) is 3.40. The highest BCUT2D eigenvalue weighted by molar-refractivity contribution is 5.92. The van der Waals surface area contributed by atoms with Gasteiger partial charge in [0.2, 0.25) is 0 Å². The van der Waals surface area contributed by atoms with E-state index in [1.54, 1.807) is 6.92 Å². The lowest BCUT2D eigenvalue weighted by atomic mass is 9.97. The SMILES string of the molecule is CCNC(=O)N(C)c1ccc(C(F)(F)C(O)(F)C(F)(F)F)cc1CO. The fourth-order valence-electron chi connectivity index (χ4n) is 1.98. The van der Waals surface area contributed by atoms with E-state index in [4.69, 9.17) is 5.11 Å². The normalized spacial score (nSPS) is 14.8. The van der Waals surface area contributed by atoms with E-state index in [-0.39, 0.29) is 17.8 Å². The minimum absolute atomic E-state index is 0.0811. The van der Waals surface area contributed by atoms with Gasteiger partial charge in [-0.05, 0) is 19.1 Å². The number of benzene rings is 1. The van der Waals surface area contributed by atoms with E-state index in [2.05, 4.69) is 5.32 Å².